The van der Waals surface area contributed by atoms with Gasteiger partial charge in [0.15, 0.2) is 0 Å². The molecule has 1 aromatic rings. The van der Waals surface area contributed by atoms with Crippen molar-refractivity contribution in [1.82, 2.24) is 0 Å². The third-order valence-corrected chi connectivity index (χ3v) is 4.23. The predicted octanol–water partition coefficient (Wildman–Crippen LogP) is 2.21. The Kier molecular flexibility index (Phi) is 3.05. The van der Waals surface area contributed by atoms with Crippen molar-refractivity contribution in [2.45, 2.75) is 32.3 Å². The second-order valence-electron chi connectivity index (χ2n) is 5.70. The number of hydrogen-bond donors (Lipinski definition) is 1. The Morgan fingerprint density at radius 1 is 1.32 bits per heavy atom. The van der Waals surface area contributed by atoms with Crippen LogP contribution in [0.1, 0.15) is 25.8 Å². The topological polar surface area (TPSA) is 47.7 Å². The van der Waals surface area contributed by atoms with E-state index < -0.39 is 0 Å². The average Bonchev–Trinajstić information content (AvgIpc) is 2.75. The molecule has 1 unspecified atom stereocenters. The SMILES string of the molecule is CCC1(C)Cc2cc(N)c(N3CCOCC3)cc2O1. The van der Waals surface area contributed by atoms with Crippen LogP contribution in [0.2, 0.25) is 0 Å². The first-order chi connectivity index (χ1) is 9.11. The van der Waals surface area contributed by atoms with Crippen LogP contribution in [0.25, 0.3) is 0 Å². The molecule has 1 aromatic carbocycles. The number of rotatable bonds is 2. The fourth-order valence-corrected chi connectivity index (χ4v) is 2.85. The molecule has 2 heterocycles. The zero-order chi connectivity index (χ0) is 13.5. The highest BCUT2D eigenvalue weighted by Crippen LogP contribution is 2.41. The molecule has 0 radical (unpaired) electrons. The van der Waals surface area contributed by atoms with Gasteiger partial charge in [0.1, 0.15) is 11.4 Å². The molecule has 0 spiro atoms. The molecule has 19 heavy (non-hydrogen) atoms. The van der Waals surface area contributed by atoms with Crippen LogP contribution in [0.5, 0.6) is 5.75 Å². The molecule has 4 heteroatoms. The second kappa shape index (κ2) is 4.60. The quantitative estimate of drug-likeness (QED) is 0.830. The molecule has 0 saturated carbocycles. The normalized spacial score (nSPS) is 26.1. The molecule has 1 saturated heterocycles. The molecule has 0 amide bonds. The van der Waals surface area contributed by atoms with E-state index in [-0.39, 0.29) is 5.60 Å². The lowest BCUT2D eigenvalue weighted by molar-refractivity contribution is 0.111. The number of nitrogens with zero attached hydrogens (tertiary/aromatic N) is 1. The summed E-state index contributed by atoms with van der Waals surface area (Å²) in [5, 5.41) is 0. The fourth-order valence-electron chi connectivity index (χ4n) is 2.85. The van der Waals surface area contributed by atoms with Crippen molar-refractivity contribution in [2.24, 2.45) is 0 Å². The van der Waals surface area contributed by atoms with Crippen LogP contribution in [0.4, 0.5) is 11.4 Å². The average molecular weight is 262 g/mol. The Bertz CT molecular complexity index is 483. The summed E-state index contributed by atoms with van der Waals surface area (Å²) in [6.07, 6.45) is 1.96. The van der Waals surface area contributed by atoms with Gasteiger partial charge in [-0.3, -0.25) is 0 Å². The van der Waals surface area contributed by atoms with E-state index in [4.69, 9.17) is 15.2 Å². The first-order valence-corrected chi connectivity index (χ1v) is 7.05. The number of nitrogens with two attached hydrogens (primary N) is 1. The smallest absolute Gasteiger partial charge is 0.125 e. The summed E-state index contributed by atoms with van der Waals surface area (Å²) in [4.78, 5) is 2.28. The molecule has 0 aliphatic carbocycles. The Balaban J connectivity index is 1.91. The minimum atomic E-state index is -0.0710. The van der Waals surface area contributed by atoms with E-state index in [1.54, 1.807) is 0 Å². The van der Waals surface area contributed by atoms with E-state index in [0.29, 0.717) is 0 Å². The molecule has 2 aliphatic heterocycles. The van der Waals surface area contributed by atoms with Crippen molar-refractivity contribution in [1.29, 1.82) is 0 Å². The lowest BCUT2D eigenvalue weighted by atomic mass is 9.96. The molecule has 1 fully saturated rings. The highest BCUT2D eigenvalue weighted by molar-refractivity contribution is 5.72. The first-order valence-electron chi connectivity index (χ1n) is 7.05. The number of benzene rings is 1. The number of morpholine rings is 1. The Morgan fingerprint density at radius 2 is 2.05 bits per heavy atom. The summed E-state index contributed by atoms with van der Waals surface area (Å²) in [5.74, 6) is 1.00. The summed E-state index contributed by atoms with van der Waals surface area (Å²) in [6, 6.07) is 4.19. The van der Waals surface area contributed by atoms with Crippen LogP contribution in [0.15, 0.2) is 12.1 Å². The summed E-state index contributed by atoms with van der Waals surface area (Å²) in [5.41, 5.74) is 9.32. The third-order valence-electron chi connectivity index (χ3n) is 4.23. The van der Waals surface area contributed by atoms with Crippen molar-refractivity contribution >= 4 is 11.4 Å². The van der Waals surface area contributed by atoms with Gasteiger partial charge in [0.2, 0.25) is 0 Å². The lowest BCUT2D eigenvalue weighted by Gasteiger charge is -2.30. The first kappa shape index (κ1) is 12.6. The zero-order valence-corrected chi connectivity index (χ0v) is 11.7. The largest absolute Gasteiger partial charge is 0.487 e. The lowest BCUT2D eigenvalue weighted by Crippen LogP contribution is -2.36. The number of anilines is 2. The van der Waals surface area contributed by atoms with E-state index in [2.05, 4.69) is 30.9 Å². The second-order valence-corrected chi connectivity index (χ2v) is 5.70. The summed E-state index contributed by atoms with van der Waals surface area (Å²) in [6.45, 7) is 7.66. The van der Waals surface area contributed by atoms with Crippen molar-refractivity contribution in [3.8, 4) is 5.75 Å². The van der Waals surface area contributed by atoms with Gasteiger partial charge < -0.3 is 20.1 Å². The van der Waals surface area contributed by atoms with Gasteiger partial charge in [-0.1, -0.05) is 6.92 Å². The fraction of sp³-hybridized carbons (Fsp3) is 0.600. The maximum absolute atomic E-state index is 6.22. The van der Waals surface area contributed by atoms with Gasteiger partial charge in [0.25, 0.3) is 0 Å². The van der Waals surface area contributed by atoms with Gasteiger partial charge in [-0.05, 0) is 19.4 Å². The van der Waals surface area contributed by atoms with Crippen molar-refractivity contribution in [2.75, 3.05) is 36.9 Å². The van der Waals surface area contributed by atoms with E-state index >= 15 is 0 Å². The van der Waals surface area contributed by atoms with E-state index in [1.165, 1.54) is 5.56 Å². The van der Waals surface area contributed by atoms with Gasteiger partial charge in [0, 0.05) is 31.1 Å². The Morgan fingerprint density at radius 3 is 2.74 bits per heavy atom. The number of hydrogen-bond acceptors (Lipinski definition) is 4. The molecule has 2 aliphatic rings. The number of fused-ring (bicyclic) bond motifs is 1. The predicted molar refractivity (Wildman–Crippen MR) is 76.9 cm³/mol. The van der Waals surface area contributed by atoms with Crippen molar-refractivity contribution in [3.63, 3.8) is 0 Å². The molecular weight excluding hydrogens is 240 g/mol. The van der Waals surface area contributed by atoms with E-state index in [9.17, 15) is 0 Å². The molecule has 4 nitrogen and oxygen atoms in total. The minimum absolute atomic E-state index is 0.0710. The molecule has 0 bridgehead atoms. The van der Waals surface area contributed by atoms with Crippen LogP contribution in [-0.4, -0.2) is 31.9 Å². The Labute approximate surface area is 114 Å². The summed E-state index contributed by atoms with van der Waals surface area (Å²) >= 11 is 0. The highest BCUT2D eigenvalue weighted by atomic mass is 16.5. The van der Waals surface area contributed by atoms with Crippen LogP contribution in [0.3, 0.4) is 0 Å². The van der Waals surface area contributed by atoms with Crippen LogP contribution in [0, 0.1) is 0 Å². The monoisotopic (exact) mass is 262 g/mol. The summed E-state index contributed by atoms with van der Waals surface area (Å²) in [7, 11) is 0. The molecule has 2 N–H and O–H groups in total. The van der Waals surface area contributed by atoms with E-state index in [1.807, 2.05) is 0 Å². The maximum atomic E-state index is 6.22. The van der Waals surface area contributed by atoms with Gasteiger partial charge >= 0.3 is 0 Å². The van der Waals surface area contributed by atoms with Crippen molar-refractivity contribution in [3.05, 3.63) is 17.7 Å². The van der Waals surface area contributed by atoms with Gasteiger partial charge in [-0.2, -0.15) is 0 Å². The van der Waals surface area contributed by atoms with Gasteiger partial charge in [-0.25, -0.2) is 0 Å². The van der Waals surface area contributed by atoms with Crippen molar-refractivity contribution < 1.29 is 9.47 Å². The molecule has 104 valence electrons. The highest BCUT2D eigenvalue weighted by Gasteiger charge is 2.34. The maximum Gasteiger partial charge on any atom is 0.125 e. The van der Waals surface area contributed by atoms with Crippen LogP contribution >= 0.6 is 0 Å². The van der Waals surface area contributed by atoms with Crippen LogP contribution in [-0.2, 0) is 11.2 Å². The molecule has 3 rings (SSSR count). The molecule has 0 aromatic heterocycles. The van der Waals surface area contributed by atoms with E-state index in [0.717, 1.165) is 56.3 Å². The molecular formula is C15H22N2O2. The van der Waals surface area contributed by atoms with Crippen LogP contribution < -0.4 is 15.4 Å². The Hall–Kier alpha value is -1.42. The molecule has 1 atom stereocenters. The summed E-state index contributed by atoms with van der Waals surface area (Å²) < 4.78 is 11.5. The minimum Gasteiger partial charge on any atom is -0.487 e. The number of ether oxygens (including phenoxy) is 2. The third kappa shape index (κ3) is 2.25. The van der Waals surface area contributed by atoms with Gasteiger partial charge in [-0.15, -0.1) is 0 Å². The van der Waals surface area contributed by atoms with Gasteiger partial charge in [0.05, 0.1) is 24.6 Å². The standard InChI is InChI=1S/C15H22N2O2/c1-3-15(2)10-11-8-12(16)13(9-14(11)19-15)17-4-6-18-7-5-17/h8-9H,3-7,10,16H2,1-2H3. The number of nitrogen functional groups attached to an aromatic ring is 1. The zero-order valence-electron chi connectivity index (χ0n) is 11.7.